The van der Waals surface area contributed by atoms with Gasteiger partial charge in [-0.1, -0.05) is 0 Å². The molecule has 1 aliphatic carbocycles. The Hall–Kier alpha value is -1.85. The van der Waals surface area contributed by atoms with E-state index in [0.29, 0.717) is 18.8 Å². The van der Waals surface area contributed by atoms with Crippen LogP contribution in [0.2, 0.25) is 0 Å². The lowest BCUT2D eigenvalue weighted by atomic mass is 9.62. The second kappa shape index (κ2) is 5.35. The SMILES string of the molecule is CC(C)(C)OC(=O)N1CC2(CC(Oc3ccc(F)c(F)c3)C2)C1. The van der Waals surface area contributed by atoms with Crippen LogP contribution >= 0.6 is 0 Å². The van der Waals surface area contributed by atoms with Gasteiger partial charge in [0.05, 0.1) is 0 Å². The number of carbonyl (C=O) groups excluding carboxylic acids is 1. The molecule has 0 N–H and O–H groups in total. The molecule has 1 amide bonds. The molecule has 126 valence electrons. The van der Waals surface area contributed by atoms with E-state index in [-0.39, 0.29) is 17.6 Å². The second-order valence-corrected chi connectivity index (χ2v) is 7.56. The molecule has 0 radical (unpaired) electrons. The number of ether oxygens (including phenoxy) is 2. The van der Waals surface area contributed by atoms with Gasteiger partial charge in [0, 0.05) is 24.6 Å². The molecular formula is C17H21F2NO3. The van der Waals surface area contributed by atoms with Gasteiger partial charge in [-0.2, -0.15) is 0 Å². The fourth-order valence-electron chi connectivity index (χ4n) is 3.21. The number of nitrogens with zero attached hydrogens (tertiary/aromatic N) is 1. The van der Waals surface area contributed by atoms with Crippen LogP contribution in [-0.4, -0.2) is 35.8 Å². The van der Waals surface area contributed by atoms with E-state index in [4.69, 9.17) is 9.47 Å². The average Bonchev–Trinajstić information content (AvgIpc) is 2.32. The van der Waals surface area contributed by atoms with Crippen molar-refractivity contribution in [1.29, 1.82) is 0 Å². The van der Waals surface area contributed by atoms with Crippen LogP contribution in [-0.2, 0) is 4.74 Å². The average molecular weight is 325 g/mol. The van der Waals surface area contributed by atoms with Crippen LogP contribution in [0.3, 0.4) is 0 Å². The topological polar surface area (TPSA) is 38.8 Å². The summed E-state index contributed by atoms with van der Waals surface area (Å²) in [5, 5.41) is 0. The van der Waals surface area contributed by atoms with Crippen LogP contribution in [0.5, 0.6) is 5.75 Å². The maximum Gasteiger partial charge on any atom is 0.410 e. The molecule has 0 atom stereocenters. The van der Waals surface area contributed by atoms with Gasteiger partial charge in [-0.25, -0.2) is 13.6 Å². The Balaban J connectivity index is 1.45. The molecule has 0 bridgehead atoms. The molecule has 1 spiro atoms. The van der Waals surface area contributed by atoms with Crippen LogP contribution < -0.4 is 4.74 Å². The molecule has 2 fully saturated rings. The first kappa shape index (κ1) is 16.0. The van der Waals surface area contributed by atoms with Crippen LogP contribution in [0.25, 0.3) is 0 Å². The number of carbonyl (C=O) groups is 1. The maximum absolute atomic E-state index is 13.1. The van der Waals surface area contributed by atoms with Crippen molar-refractivity contribution in [2.24, 2.45) is 5.41 Å². The van der Waals surface area contributed by atoms with Gasteiger partial charge in [0.1, 0.15) is 17.5 Å². The molecule has 1 heterocycles. The van der Waals surface area contributed by atoms with Gasteiger partial charge < -0.3 is 14.4 Å². The molecular weight excluding hydrogens is 304 g/mol. The lowest BCUT2D eigenvalue weighted by Crippen LogP contribution is -2.66. The van der Waals surface area contributed by atoms with E-state index in [0.717, 1.165) is 25.0 Å². The highest BCUT2D eigenvalue weighted by Gasteiger charge is 2.55. The summed E-state index contributed by atoms with van der Waals surface area (Å²) in [6.07, 6.45) is 1.32. The number of rotatable bonds is 2. The molecule has 4 nitrogen and oxygen atoms in total. The minimum Gasteiger partial charge on any atom is -0.490 e. The lowest BCUT2D eigenvalue weighted by molar-refractivity contribution is -0.116. The number of benzene rings is 1. The quantitative estimate of drug-likeness (QED) is 0.831. The molecule has 6 heteroatoms. The molecule has 1 aliphatic heterocycles. The highest BCUT2D eigenvalue weighted by atomic mass is 19.2. The second-order valence-electron chi connectivity index (χ2n) is 7.56. The Kier molecular flexibility index (Phi) is 3.73. The van der Waals surface area contributed by atoms with Crippen LogP contribution in [0.15, 0.2) is 18.2 Å². The molecule has 2 aliphatic rings. The summed E-state index contributed by atoms with van der Waals surface area (Å²) >= 11 is 0. The van der Waals surface area contributed by atoms with Gasteiger partial charge in [-0.3, -0.25) is 0 Å². The first-order chi connectivity index (χ1) is 10.7. The minimum atomic E-state index is -0.906. The number of hydrogen-bond donors (Lipinski definition) is 0. The molecule has 1 aromatic carbocycles. The van der Waals surface area contributed by atoms with Crippen molar-refractivity contribution < 1.29 is 23.0 Å². The Morgan fingerprint density at radius 2 is 1.87 bits per heavy atom. The number of likely N-dealkylation sites (tertiary alicyclic amines) is 1. The van der Waals surface area contributed by atoms with E-state index < -0.39 is 17.2 Å². The fourth-order valence-corrected chi connectivity index (χ4v) is 3.21. The highest BCUT2D eigenvalue weighted by Crippen LogP contribution is 2.50. The highest BCUT2D eigenvalue weighted by molar-refractivity contribution is 5.69. The van der Waals surface area contributed by atoms with Crippen molar-refractivity contribution in [3.63, 3.8) is 0 Å². The molecule has 1 saturated heterocycles. The Bertz CT molecular complexity index is 613. The smallest absolute Gasteiger partial charge is 0.410 e. The minimum absolute atomic E-state index is 0.0133. The zero-order valence-electron chi connectivity index (χ0n) is 13.6. The standard InChI is InChI=1S/C17H21F2NO3/c1-16(2,3)23-15(21)20-9-17(10-20)7-12(8-17)22-11-4-5-13(18)14(19)6-11/h4-6,12H,7-10H2,1-3H3. The summed E-state index contributed by atoms with van der Waals surface area (Å²) < 4.78 is 37.0. The maximum atomic E-state index is 13.1. The lowest BCUT2D eigenvalue weighted by Gasteiger charge is -2.58. The molecule has 0 aromatic heterocycles. The number of hydrogen-bond acceptors (Lipinski definition) is 3. The summed E-state index contributed by atoms with van der Waals surface area (Å²) in [4.78, 5) is 13.6. The summed E-state index contributed by atoms with van der Waals surface area (Å²) in [7, 11) is 0. The molecule has 0 unspecified atom stereocenters. The predicted octanol–water partition coefficient (Wildman–Crippen LogP) is 3.74. The van der Waals surface area contributed by atoms with E-state index in [1.807, 2.05) is 20.8 Å². The monoisotopic (exact) mass is 325 g/mol. The van der Waals surface area contributed by atoms with Gasteiger partial charge in [0.25, 0.3) is 0 Å². The van der Waals surface area contributed by atoms with Crippen molar-refractivity contribution in [2.45, 2.75) is 45.3 Å². The van der Waals surface area contributed by atoms with Gasteiger partial charge in [0.2, 0.25) is 0 Å². The first-order valence-electron chi connectivity index (χ1n) is 7.75. The molecule has 1 saturated carbocycles. The summed E-state index contributed by atoms with van der Waals surface area (Å²) in [6.45, 7) is 6.86. The van der Waals surface area contributed by atoms with Gasteiger partial charge >= 0.3 is 6.09 Å². The van der Waals surface area contributed by atoms with Crippen molar-refractivity contribution >= 4 is 6.09 Å². The molecule has 1 aromatic rings. The van der Waals surface area contributed by atoms with Crippen molar-refractivity contribution in [3.05, 3.63) is 29.8 Å². The summed E-state index contributed by atoms with van der Waals surface area (Å²) in [5.41, 5.74) is -0.391. The van der Waals surface area contributed by atoms with Crippen molar-refractivity contribution in [3.8, 4) is 5.75 Å². The van der Waals surface area contributed by atoms with Crippen molar-refractivity contribution in [2.75, 3.05) is 13.1 Å². The normalized spacial score (nSPS) is 20.0. The fraction of sp³-hybridized carbons (Fsp3) is 0.588. The van der Waals surface area contributed by atoms with E-state index in [2.05, 4.69) is 0 Å². The Morgan fingerprint density at radius 3 is 2.43 bits per heavy atom. The third-order valence-electron chi connectivity index (χ3n) is 4.22. The number of halogens is 2. The van der Waals surface area contributed by atoms with Crippen molar-refractivity contribution in [1.82, 2.24) is 4.90 Å². The van der Waals surface area contributed by atoms with Gasteiger partial charge in [-0.15, -0.1) is 0 Å². The van der Waals surface area contributed by atoms with E-state index in [1.165, 1.54) is 6.07 Å². The van der Waals surface area contributed by atoms with Gasteiger partial charge in [0.15, 0.2) is 11.6 Å². The zero-order chi connectivity index (χ0) is 16.8. The van der Waals surface area contributed by atoms with Gasteiger partial charge in [-0.05, 0) is 45.7 Å². The van der Waals surface area contributed by atoms with Crippen LogP contribution in [0, 0.1) is 17.0 Å². The largest absolute Gasteiger partial charge is 0.490 e. The van der Waals surface area contributed by atoms with E-state index in [9.17, 15) is 13.6 Å². The number of amides is 1. The van der Waals surface area contributed by atoms with Crippen LogP contribution in [0.1, 0.15) is 33.6 Å². The van der Waals surface area contributed by atoms with E-state index >= 15 is 0 Å². The Labute approximate surface area is 134 Å². The van der Waals surface area contributed by atoms with Crippen LogP contribution in [0.4, 0.5) is 13.6 Å². The summed E-state index contributed by atoms with van der Waals surface area (Å²) in [6, 6.07) is 3.55. The zero-order valence-corrected chi connectivity index (χ0v) is 13.6. The first-order valence-corrected chi connectivity index (χ1v) is 7.75. The predicted molar refractivity (Wildman–Crippen MR) is 80.2 cm³/mol. The summed E-state index contributed by atoms with van der Waals surface area (Å²) in [5.74, 6) is -1.45. The third-order valence-corrected chi connectivity index (χ3v) is 4.22. The Morgan fingerprint density at radius 1 is 1.22 bits per heavy atom. The van der Waals surface area contributed by atoms with E-state index in [1.54, 1.807) is 4.90 Å². The molecule has 23 heavy (non-hydrogen) atoms. The third kappa shape index (κ3) is 3.41. The molecule has 3 rings (SSSR count).